The van der Waals surface area contributed by atoms with E-state index < -0.39 is 27.0 Å². The molecule has 5 nitrogen and oxygen atoms in total. The maximum atomic E-state index is 12.4. The molecule has 0 fully saturated rings. The van der Waals surface area contributed by atoms with Crippen LogP contribution in [0.2, 0.25) is 0 Å². The van der Waals surface area contributed by atoms with E-state index >= 15 is 0 Å². The molecule has 0 aliphatic carbocycles. The van der Waals surface area contributed by atoms with Crippen LogP contribution in [0.1, 0.15) is 0 Å². The lowest BCUT2D eigenvalue weighted by Crippen LogP contribution is -2.20. The second-order valence-corrected chi connectivity index (χ2v) is 5.98. The molecular formula is C14H12F3NO4S. The molecule has 0 amide bonds. The van der Waals surface area contributed by atoms with Crippen molar-refractivity contribution >= 4 is 15.7 Å². The van der Waals surface area contributed by atoms with Gasteiger partial charge in [-0.1, -0.05) is 12.1 Å². The Bertz CT molecular complexity index is 773. The average Bonchev–Trinajstić information content (AvgIpc) is 2.46. The average molecular weight is 347 g/mol. The number of hydrogen-bond donors (Lipinski definition) is 1. The molecule has 0 spiro atoms. The minimum absolute atomic E-state index is 0.174. The molecule has 0 aliphatic rings. The quantitative estimate of drug-likeness (QED) is 0.900. The van der Waals surface area contributed by atoms with Gasteiger partial charge < -0.3 is 9.47 Å². The van der Waals surface area contributed by atoms with Crippen LogP contribution in [-0.2, 0) is 10.0 Å². The number of rotatable bonds is 5. The number of ether oxygens (including phenoxy) is 2. The zero-order valence-electron chi connectivity index (χ0n) is 11.8. The fraction of sp³-hybridized carbons (Fsp3) is 0.143. The number of hydrogen-bond acceptors (Lipinski definition) is 4. The van der Waals surface area contributed by atoms with Crippen LogP contribution in [0.4, 0.5) is 18.9 Å². The molecule has 0 saturated heterocycles. The number of nitrogens with one attached hydrogen (secondary N) is 1. The lowest BCUT2D eigenvalue weighted by molar-refractivity contribution is -0.275. The summed E-state index contributed by atoms with van der Waals surface area (Å²) in [6.07, 6.45) is -4.99. The summed E-state index contributed by atoms with van der Waals surface area (Å²) in [6, 6.07) is 10.3. The fourth-order valence-corrected chi connectivity index (χ4v) is 2.94. The van der Waals surface area contributed by atoms with Crippen molar-refractivity contribution in [2.24, 2.45) is 0 Å². The van der Waals surface area contributed by atoms with E-state index in [1.807, 2.05) is 0 Å². The van der Waals surface area contributed by atoms with Crippen molar-refractivity contribution in [3.63, 3.8) is 0 Å². The van der Waals surface area contributed by atoms with Crippen LogP contribution in [0.5, 0.6) is 11.5 Å². The predicted molar refractivity (Wildman–Crippen MR) is 76.9 cm³/mol. The van der Waals surface area contributed by atoms with E-state index in [1.54, 1.807) is 0 Å². The first-order valence-corrected chi connectivity index (χ1v) is 7.71. The van der Waals surface area contributed by atoms with Crippen molar-refractivity contribution in [2.75, 3.05) is 11.8 Å². The van der Waals surface area contributed by atoms with Gasteiger partial charge >= 0.3 is 6.36 Å². The molecule has 1 N–H and O–H groups in total. The molecule has 0 saturated carbocycles. The number of alkyl halides is 3. The van der Waals surface area contributed by atoms with E-state index in [2.05, 4.69) is 9.46 Å². The zero-order chi connectivity index (χ0) is 17.1. The number of halogens is 3. The smallest absolute Gasteiger partial charge is 0.497 e. The summed E-state index contributed by atoms with van der Waals surface area (Å²) in [7, 11) is -2.80. The third kappa shape index (κ3) is 4.52. The maximum Gasteiger partial charge on any atom is 0.573 e. The molecule has 2 aromatic rings. The minimum atomic E-state index is -4.99. The lowest BCUT2D eigenvalue weighted by Gasteiger charge is -2.14. The summed E-state index contributed by atoms with van der Waals surface area (Å²) in [6.45, 7) is 0. The van der Waals surface area contributed by atoms with Crippen LogP contribution >= 0.6 is 0 Å². The second kappa shape index (κ2) is 6.37. The summed E-state index contributed by atoms with van der Waals surface area (Å²) >= 11 is 0. The number of benzene rings is 2. The largest absolute Gasteiger partial charge is 0.573 e. The van der Waals surface area contributed by atoms with Gasteiger partial charge in [0.15, 0.2) is 0 Å². The molecule has 2 aromatic carbocycles. The van der Waals surface area contributed by atoms with Gasteiger partial charge in [-0.25, -0.2) is 8.42 Å². The standard InChI is InChI=1S/C14H12F3NO4S/c1-21-11-8-6-10(7-9-11)18-23(19,20)13-5-3-2-4-12(13)22-14(15,16)17/h2-9,18H,1H3. The first-order valence-electron chi connectivity index (χ1n) is 6.23. The van der Waals surface area contributed by atoms with Crippen molar-refractivity contribution in [1.29, 1.82) is 0 Å². The van der Waals surface area contributed by atoms with E-state index in [1.165, 1.54) is 43.5 Å². The van der Waals surface area contributed by atoms with Crippen LogP contribution < -0.4 is 14.2 Å². The second-order valence-electron chi connectivity index (χ2n) is 4.33. The highest BCUT2D eigenvalue weighted by atomic mass is 32.2. The fourth-order valence-electron chi connectivity index (χ4n) is 1.75. The van der Waals surface area contributed by atoms with Gasteiger partial charge in [0.05, 0.1) is 7.11 Å². The van der Waals surface area contributed by atoms with Crippen LogP contribution in [0.15, 0.2) is 53.4 Å². The van der Waals surface area contributed by atoms with Crippen LogP contribution in [0, 0.1) is 0 Å². The van der Waals surface area contributed by atoms with E-state index in [9.17, 15) is 21.6 Å². The molecule has 0 aliphatic heterocycles. The molecule has 9 heteroatoms. The molecule has 0 aromatic heterocycles. The highest BCUT2D eigenvalue weighted by molar-refractivity contribution is 7.92. The Morgan fingerprint density at radius 1 is 1.00 bits per heavy atom. The van der Waals surface area contributed by atoms with Gasteiger partial charge in [-0.05, 0) is 36.4 Å². The highest BCUT2D eigenvalue weighted by Gasteiger charge is 2.34. The van der Waals surface area contributed by atoms with Crippen LogP contribution in [0.25, 0.3) is 0 Å². The summed E-state index contributed by atoms with van der Waals surface area (Å²) in [5.41, 5.74) is 0.174. The maximum absolute atomic E-state index is 12.4. The first kappa shape index (κ1) is 16.9. The van der Waals surface area contributed by atoms with Crippen molar-refractivity contribution in [1.82, 2.24) is 0 Å². The SMILES string of the molecule is COc1ccc(NS(=O)(=O)c2ccccc2OC(F)(F)F)cc1. The van der Waals surface area contributed by atoms with Crippen molar-refractivity contribution in [2.45, 2.75) is 11.3 Å². The van der Waals surface area contributed by atoms with Crippen molar-refractivity contribution < 1.29 is 31.1 Å². The van der Waals surface area contributed by atoms with Gasteiger partial charge in [0, 0.05) is 5.69 Å². The van der Waals surface area contributed by atoms with Gasteiger partial charge in [-0.2, -0.15) is 0 Å². The molecular weight excluding hydrogens is 335 g/mol. The molecule has 124 valence electrons. The van der Waals surface area contributed by atoms with E-state index in [0.29, 0.717) is 5.75 Å². The van der Waals surface area contributed by atoms with E-state index in [0.717, 1.165) is 12.1 Å². The molecule has 0 radical (unpaired) electrons. The Kier molecular flexibility index (Phi) is 4.69. The molecule has 0 unspecified atom stereocenters. The Hall–Kier alpha value is -2.42. The van der Waals surface area contributed by atoms with E-state index in [4.69, 9.17) is 4.74 Å². The molecule has 0 atom stereocenters. The normalized spacial score (nSPS) is 11.8. The monoisotopic (exact) mass is 347 g/mol. The van der Waals surface area contributed by atoms with E-state index in [-0.39, 0.29) is 5.69 Å². The minimum Gasteiger partial charge on any atom is -0.497 e. The van der Waals surface area contributed by atoms with Crippen molar-refractivity contribution in [3.8, 4) is 11.5 Å². The number of methoxy groups -OCH3 is 1. The van der Waals surface area contributed by atoms with Crippen LogP contribution in [0.3, 0.4) is 0 Å². The van der Waals surface area contributed by atoms with Crippen LogP contribution in [-0.4, -0.2) is 21.9 Å². The lowest BCUT2D eigenvalue weighted by atomic mass is 10.3. The zero-order valence-corrected chi connectivity index (χ0v) is 12.6. The number of para-hydroxylation sites is 1. The van der Waals surface area contributed by atoms with Gasteiger partial charge in [-0.15, -0.1) is 13.2 Å². The Morgan fingerprint density at radius 2 is 1.61 bits per heavy atom. The van der Waals surface area contributed by atoms with Gasteiger partial charge in [0.25, 0.3) is 10.0 Å². The summed E-state index contributed by atoms with van der Waals surface area (Å²) < 4.78 is 72.5. The Morgan fingerprint density at radius 3 is 2.17 bits per heavy atom. The molecule has 0 bridgehead atoms. The topological polar surface area (TPSA) is 64.6 Å². The molecule has 23 heavy (non-hydrogen) atoms. The number of sulfonamides is 1. The summed E-state index contributed by atoms with van der Waals surface area (Å²) in [5, 5.41) is 0. The third-order valence-corrected chi connectivity index (χ3v) is 4.13. The highest BCUT2D eigenvalue weighted by Crippen LogP contribution is 2.30. The summed E-state index contributed by atoms with van der Waals surface area (Å²) in [5.74, 6) is -0.297. The Labute approximate surface area is 130 Å². The summed E-state index contributed by atoms with van der Waals surface area (Å²) in [4.78, 5) is -0.617. The Balaban J connectivity index is 2.32. The first-order chi connectivity index (χ1) is 10.7. The van der Waals surface area contributed by atoms with Gasteiger partial charge in [-0.3, -0.25) is 4.72 Å². The van der Waals surface area contributed by atoms with Gasteiger partial charge in [0.2, 0.25) is 0 Å². The molecule has 2 rings (SSSR count). The third-order valence-electron chi connectivity index (χ3n) is 2.71. The van der Waals surface area contributed by atoms with Gasteiger partial charge in [0.1, 0.15) is 16.4 Å². The number of anilines is 1. The predicted octanol–water partition coefficient (Wildman–Crippen LogP) is 3.39. The van der Waals surface area contributed by atoms with Crippen molar-refractivity contribution in [3.05, 3.63) is 48.5 Å². The molecule has 0 heterocycles.